The molecule has 0 aliphatic rings. The topological polar surface area (TPSA) is 80.6 Å². The molecule has 0 radical (unpaired) electrons. The summed E-state index contributed by atoms with van der Waals surface area (Å²) >= 11 is 0. The Kier molecular flexibility index (Phi) is 2.04. The molecule has 1 aromatic carbocycles. The SMILES string of the molecule is Cc1ccc2oc(=O)c3c(O)cc(=O)oc3c2c1. The molecule has 0 aliphatic carbocycles. The van der Waals surface area contributed by atoms with E-state index in [0.717, 1.165) is 11.6 Å². The lowest BCUT2D eigenvalue weighted by Gasteiger charge is -2.02. The second kappa shape index (κ2) is 3.46. The second-order valence-electron chi connectivity index (χ2n) is 4.04. The molecular formula is C13H8O5. The van der Waals surface area contributed by atoms with E-state index in [4.69, 9.17) is 8.83 Å². The molecule has 2 heterocycles. The van der Waals surface area contributed by atoms with Gasteiger partial charge in [0.2, 0.25) is 0 Å². The van der Waals surface area contributed by atoms with Gasteiger partial charge in [-0.05, 0) is 19.1 Å². The van der Waals surface area contributed by atoms with E-state index >= 15 is 0 Å². The average molecular weight is 244 g/mol. The van der Waals surface area contributed by atoms with Crippen LogP contribution in [0.3, 0.4) is 0 Å². The van der Waals surface area contributed by atoms with Gasteiger partial charge in [-0.25, -0.2) is 9.59 Å². The standard InChI is InChI=1S/C13H8O5/c1-6-2-3-9-7(4-6)12-11(13(16)17-9)8(14)5-10(15)18-12/h2-5,14H,1H3. The lowest BCUT2D eigenvalue weighted by atomic mass is 10.1. The van der Waals surface area contributed by atoms with Crippen LogP contribution in [0.5, 0.6) is 5.75 Å². The first-order valence-electron chi connectivity index (χ1n) is 5.26. The summed E-state index contributed by atoms with van der Waals surface area (Å²) in [5.41, 5.74) is -0.165. The molecule has 0 spiro atoms. The molecule has 2 aromatic heterocycles. The number of fused-ring (bicyclic) bond motifs is 3. The van der Waals surface area contributed by atoms with Crippen molar-refractivity contribution in [1.82, 2.24) is 0 Å². The Bertz CT molecular complexity index is 885. The molecule has 5 nitrogen and oxygen atoms in total. The van der Waals surface area contributed by atoms with E-state index in [1.54, 1.807) is 18.2 Å². The Morgan fingerprint density at radius 3 is 2.67 bits per heavy atom. The minimum Gasteiger partial charge on any atom is -0.507 e. The van der Waals surface area contributed by atoms with Crippen molar-refractivity contribution in [3.8, 4) is 5.75 Å². The molecule has 5 heteroatoms. The number of hydrogen-bond acceptors (Lipinski definition) is 5. The number of aromatic hydroxyl groups is 1. The predicted molar refractivity (Wildman–Crippen MR) is 64.9 cm³/mol. The van der Waals surface area contributed by atoms with Gasteiger partial charge >= 0.3 is 11.3 Å². The Morgan fingerprint density at radius 1 is 1.11 bits per heavy atom. The quantitative estimate of drug-likeness (QED) is 0.482. The minimum atomic E-state index is -0.734. The van der Waals surface area contributed by atoms with Crippen LogP contribution < -0.4 is 11.3 Å². The summed E-state index contributed by atoms with van der Waals surface area (Å²) in [4.78, 5) is 23.0. The summed E-state index contributed by atoms with van der Waals surface area (Å²) in [6, 6.07) is 5.97. The van der Waals surface area contributed by atoms with Gasteiger partial charge in [-0.15, -0.1) is 0 Å². The van der Waals surface area contributed by atoms with Crippen molar-refractivity contribution < 1.29 is 13.9 Å². The van der Waals surface area contributed by atoms with Crippen molar-refractivity contribution in [2.24, 2.45) is 0 Å². The zero-order valence-electron chi connectivity index (χ0n) is 9.39. The fourth-order valence-corrected chi connectivity index (χ4v) is 1.93. The summed E-state index contributed by atoms with van der Waals surface area (Å²) in [5.74, 6) is -0.432. The summed E-state index contributed by atoms with van der Waals surface area (Å²) in [5, 5.41) is 10.0. The molecule has 18 heavy (non-hydrogen) atoms. The van der Waals surface area contributed by atoms with Crippen LogP contribution in [0.2, 0.25) is 0 Å². The number of aryl methyl sites for hydroxylation is 1. The molecule has 0 fully saturated rings. The van der Waals surface area contributed by atoms with Crippen molar-refractivity contribution in [3.05, 3.63) is 50.7 Å². The molecule has 90 valence electrons. The Hall–Kier alpha value is -2.56. The van der Waals surface area contributed by atoms with Crippen LogP contribution in [0.25, 0.3) is 21.9 Å². The molecule has 0 unspecified atom stereocenters. The Morgan fingerprint density at radius 2 is 1.89 bits per heavy atom. The molecule has 0 saturated carbocycles. The van der Waals surface area contributed by atoms with E-state index in [9.17, 15) is 14.7 Å². The summed E-state index contributed by atoms with van der Waals surface area (Å²) in [7, 11) is 0. The van der Waals surface area contributed by atoms with Crippen molar-refractivity contribution in [3.63, 3.8) is 0 Å². The third-order valence-corrected chi connectivity index (χ3v) is 2.73. The predicted octanol–water partition coefficient (Wildman–Crippen LogP) is 1.91. The maximum Gasteiger partial charge on any atom is 0.351 e. The molecule has 1 N–H and O–H groups in total. The Labute approximate surface area is 99.9 Å². The fourth-order valence-electron chi connectivity index (χ4n) is 1.93. The highest BCUT2D eigenvalue weighted by Crippen LogP contribution is 2.27. The third-order valence-electron chi connectivity index (χ3n) is 2.73. The van der Waals surface area contributed by atoms with Crippen molar-refractivity contribution >= 4 is 21.9 Å². The monoisotopic (exact) mass is 244 g/mol. The van der Waals surface area contributed by atoms with E-state index in [1.807, 2.05) is 6.92 Å². The van der Waals surface area contributed by atoms with E-state index in [2.05, 4.69) is 0 Å². The molecular weight excluding hydrogens is 236 g/mol. The molecule has 3 aromatic rings. The van der Waals surface area contributed by atoms with Crippen LogP contribution >= 0.6 is 0 Å². The number of rotatable bonds is 0. The molecule has 0 aliphatic heterocycles. The van der Waals surface area contributed by atoms with Crippen LogP contribution in [-0.2, 0) is 0 Å². The van der Waals surface area contributed by atoms with Crippen molar-refractivity contribution in [1.29, 1.82) is 0 Å². The zero-order valence-corrected chi connectivity index (χ0v) is 9.39. The van der Waals surface area contributed by atoms with Crippen molar-refractivity contribution in [2.75, 3.05) is 0 Å². The molecule has 3 rings (SSSR count). The fraction of sp³-hybridized carbons (Fsp3) is 0.0769. The van der Waals surface area contributed by atoms with Crippen LogP contribution in [0, 0.1) is 6.92 Å². The molecule has 0 saturated heterocycles. The second-order valence-corrected chi connectivity index (χ2v) is 4.04. The van der Waals surface area contributed by atoms with Gasteiger partial charge < -0.3 is 13.9 Å². The van der Waals surface area contributed by atoms with E-state index < -0.39 is 17.0 Å². The number of hydrogen-bond donors (Lipinski definition) is 1. The normalized spacial score (nSPS) is 11.2. The van der Waals surface area contributed by atoms with Gasteiger partial charge in [0.15, 0.2) is 5.58 Å². The minimum absolute atomic E-state index is 0.0509. The average Bonchev–Trinajstić information content (AvgIpc) is 2.29. The van der Waals surface area contributed by atoms with Gasteiger partial charge in [0.1, 0.15) is 16.7 Å². The smallest absolute Gasteiger partial charge is 0.351 e. The molecule has 0 bridgehead atoms. The van der Waals surface area contributed by atoms with Crippen molar-refractivity contribution in [2.45, 2.75) is 6.92 Å². The highest BCUT2D eigenvalue weighted by Gasteiger charge is 2.14. The van der Waals surface area contributed by atoms with Crippen LogP contribution in [0.1, 0.15) is 5.56 Å². The maximum atomic E-state index is 11.7. The maximum absolute atomic E-state index is 11.7. The third kappa shape index (κ3) is 1.41. The first kappa shape index (κ1) is 10.6. The lowest BCUT2D eigenvalue weighted by Crippen LogP contribution is -2.04. The summed E-state index contributed by atoms with van der Waals surface area (Å²) < 4.78 is 10.1. The largest absolute Gasteiger partial charge is 0.507 e. The number of benzene rings is 1. The van der Waals surface area contributed by atoms with Gasteiger partial charge in [-0.2, -0.15) is 0 Å². The summed E-state index contributed by atoms with van der Waals surface area (Å²) in [6.45, 7) is 1.86. The highest BCUT2D eigenvalue weighted by molar-refractivity contribution is 6.02. The molecule has 0 atom stereocenters. The van der Waals surface area contributed by atoms with E-state index in [1.165, 1.54) is 0 Å². The van der Waals surface area contributed by atoms with E-state index in [-0.39, 0.29) is 11.0 Å². The van der Waals surface area contributed by atoms with Gasteiger partial charge in [-0.3, -0.25) is 0 Å². The Balaban J connectivity index is 2.72. The van der Waals surface area contributed by atoms with Crippen LogP contribution in [0.4, 0.5) is 0 Å². The molecule has 0 amide bonds. The highest BCUT2D eigenvalue weighted by atomic mass is 16.4. The first-order valence-corrected chi connectivity index (χ1v) is 5.26. The van der Waals surface area contributed by atoms with Gasteiger partial charge in [-0.1, -0.05) is 11.6 Å². The van der Waals surface area contributed by atoms with Crippen LogP contribution in [-0.4, -0.2) is 5.11 Å². The van der Waals surface area contributed by atoms with Gasteiger partial charge in [0.05, 0.1) is 11.5 Å². The van der Waals surface area contributed by atoms with E-state index in [0.29, 0.717) is 11.0 Å². The first-order chi connectivity index (χ1) is 8.56. The van der Waals surface area contributed by atoms with Gasteiger partial charge in [0, 0.05) is 0 Å². The van der Waals surface area contributed by atoms with Crippen LogP contribution in [0.15, 0.2) is 42.7 Å². The van der Waals surface area contributed by atoms with Gasteiger partial charge in [0.25, 0.3) is 0 Å². The zero-order chi connectivity index (χ0) is 12.9. The lowest BCUT2D eigenvalue weighted by molar-refractivity contribution is 0.463. The summed E-state index contributed by atoms with van der Waals surface area (Å²) in [6.07, 6.45) is 0.